The van der Waals surface area contributed by atoms with Crippen molar-refractivity contribution in [1.82, 2.24) is 5.32 Å². The highest BCUT2D eigenvalue weighted by molar-refractivity contribution is 4.79. The van der Waals surface area contributed by atoms with Gasteiger partial charge >= 0.3 is 0 Å². The monoisotopic (exact) mass is 834 g/mol. The quantitative estimate of drug-likeness (QED) is 0.0491. The Morgan fingerprint density at radius 3 is 0.932 bits per heavy atom. The highest BCUT2D eigenvalue weighted by atomic mass is 16.9. The summed E-state index contributed by atoms with van der Waals surface area (Å²) in [5.41, 5.74) is 1.40. The maximum absolute atomic E-state index is 6.78. The Hall–Kier alpha value is -0.580. The van der Waals surface area contributed by atoms with E-state index in [4.69, 9.17) is 14.2 Å². The van der Waals surface area contributed by atoms with Crippen LogP contribution in [-0.2, 0) is 14.2 Å². The smallest absolute Gasteiger partial charge is 0.282 e. The Labute approximate surface area is 373 Å². The van der Waals surface area contributed by atoms with Crippen LogP contribution in [0.25, 0.3) is 0 Å². The molecule has 4 nitrogen and oxygen atoms in total. The van der Waals surface area contributed by atoms with Gasteiger partial charge in [-0.25, -0.2) is 0 Å². The first-order valence-electron chi connectivity index (χ1n) is 26.4. The summed E-state index contributed by atoms with van der Waals surface area (Å²) in [5, 5.41) is 3.55. The van der Waals surface area contributed by atoms with Gasteiger partial charge in [0, 0.05) is 12.5 Å². The van der Waals surface area contributed by atoms with Crippen LogP contribution < -0.4 is 5.32 Å². The van der Waals surface area contributed by atoms with Gasteiger partial charge in [-0.2, -0.15) is 0 Å². The van der Waals surface area contributed by atoms with Crippen LogP contribution in [0.2, 0.25) is 0 Å². The molecule has 4 heteroatoms. The summed E-state index contributed by atoms with van der Waals surface area (Å²) >= 11 is 0. The second-order valence-electron chi connectivity index (χ2n) is 22.4. The van der Waals surface area contributed by atoms with E-state index in [0.29, 0.717) is 22.3 Å². The fourth-order valence-electron chi connectivity index (χ4n) is 8.20. The molecule has 0 radical (unpaired) electrons. The average molecular weight is 834 g/mol. The van der Waals surface area contributed by atoms with Crippen molar-refractivity contribution in [3.8, 4) is 0 Å². The minimum Gasteiger partial charge on any atom is -0.388 e. The number of hydrogen-bond acceptors (Lipinski definition) is 4. The number of nitrogens with one attached hydrogen (secondary N) is 1. The van der Waals surface area contributed by atoms with E-state index >= 15 is 0 Å². The van der Waals surface area contributed by atoms with Crippen molar-refractivity contribution >= 4 is 0 Å². The Morgan fingerprint density at radius 1 is 0.373 bits per heavy atom. The van der Waals surface area contributed by atoms with E-state index < -0.39 is 5.97 Å². The fourth-order valence-corrected chi connectivity index (χ4v) is 8.20. The summed E-state index contributed by atoms with van der Waals surface area (Å²) in [7, 11) is 0. The van der Waals surface area contributed by atoms with Gasteiger partial charge in [0.1, 0.15) is 0 Å². The first-order chi connectivity index (χ1) is 28.1. The molecular weight excluding hydrogens is 723 g/mol. The zero-order valence-electron chi connectivity index (χ0n) is 42.6. The summed E-state index contributed by atoms with van der Waals surface area (Å²) in [4.78, 5) is 0. The molecular formula is C55H111NO3. The molecule has 0 aromatic carbocycles. The highest BCUT2D eigenvalue weighted by Crippen LogP contribution is 2.28. The number of hydrogen-bond donors (Lipinski definition) is 1. The van der Waals surface area contributed by atoms with Crippen molar-refractivity contribution < 1.29 is 14.2 Å². The van der Waals surface area contributed by atoms with Gasteiger partial charge in [-0.05, 0) is 87.2 Å². The molecule has 0 aromatic rings. The first kappa shape index (κ1) is 58.4. The van der Waals surface area contributed by atoms with E-state index in [1.54, 1.807) is 0 Å². The van der Waals surface area contributed by atoms with Crippen molar-refractivity contribution in [3.63, 3.8) is 0 Å². The third-order valence-corrected chi connectivity index (χ3v) is 12.2. The maximum atomic E-state index is 6.78. The summed E-state index contributed by atoms with van der Waals surface area (Å²) in [6.07, 6.45) is 47.9. The van der Waals surface area contributed by atoms with Gasteiger partial charge in [-0.15, -0.1) is 0 Å². The Balaban J connectivity index is 5.10. The normalized spacial score (nSPS) is 13.5. The van der Waals surface area contributed by atoms with Crippen LogP contribution in [-0.4, -0.2) is 31.8 Å². The Morgan fingerprint density at radius 2 is 0.644 bits per heavy atom. The minimum atomic E-state index is -0.873. The second kappa shape index (κ2) is 37.9. The molecule has 0 aliphatic carbocycles. The van der Waals surface area contributed by atoms with E-state index in [1.807, 2.05) is 0 Å². The largest absolute Gasteiger partial charge is 0.388 e. The van der Waals surface area contributed by atoms with Crippen LogP contribution >= 0.6 is 0 Å². The third-order valence-electron chi connectivity index (χ3n) is 12.2. The van der Waals surface area contributed by atoms with Crippen LogP contribution in [0.5, 0.6) is 0 Å². The van der Waals surface area contributed by atoms with Gasteiger partial charge in [0.25, 0.3) is 5.97 Å². The van der Waals surface area contributed by atoms with Crippen molar-refractivity contribution in [2.75, 3.05) is 19.8 Å². The molecule has 0 aromatic heterocycles. The molecule has 1 unspecified atom stereocenters. The van der Waals surface area contributed by atoms with Crippen LogP contribution in [0, 0.1) is 16.2 Å². The van der Waals surface area contributed by atoms with E-state index in [-0.39, 0.29) is 0 Å². The van der Waals surface area contributed by atoms with Gasteiger partial charge in [-0.3, -0.25) is 0 Å². The Bertz CT molecular complexity index is 810. The van der Waals surface area contributed by atoms with Crippen molar-refractivity contribution in [2.45, 2.75) is 306 Å². The van der Waals surface area contributed by atoms with Crippen LogP contribution in [0.1, 0.15) is 294 Å². The number of unbranched alkanes of at least 4 members (excludes halogenated alkanes) is 24. The van der Waals surface area contributed by atoms with Gasteiger partial charge < -0.3 is 19.5 Å². The van der Waals surface area contributed by atoms with Crippen molar-refractivity contribution in [1.29, 1.82) is 0 Å². The molecule has 1 atom stereocenters. The summed E-state index contributed by atoms with van der Waals surface area (Å²) in [6.45, 7) is 27.9. The lowest BCUT2D eigenvalue weighted by molar-refractivity contribution is -0.384. The summed E-state index contributed by atoms with van der Waals surface area (Å²) < 4.78 is 20.3. The maximum Gasteiger partial charge on any atom is 0.282 e. The van der Waals surface area contributed by atoms with E-state index in [1.165, 1.54) is 186 Å². The molecule has 354 valence electrons. The van der Waals surface area contributed by atoms with Crippen LogP contribution in [0.3, 0.4) is 0 Å². The zero-order chi connectivity index (χ0) is 44.0. The molecule has 0 aliphatic heterocycles. The van der Waals surface area contributed by atoms with Gasteiger partial charge in [0.2, 0.25) is 0 Å². The lowest BCUT2D eigenvalue weighted by Gasteiger charge is -2.34. The van der Waals surface area contributed by atoms with E-state index in [2.05, 4.69) is 93.8 Å². The first-order valence-corrected chi connectivity index (χ1v) is 26.4. The highest BCUT2D eigenvalue weighted by Gasteiger charge is 2.33. The van der Waals surface area contributed by atoms with Gasteiger partial charge in [0.05, 0.1) is 19.8 Å². The minimum absolute atomic E-state index is 0.466. The lowest BCUT2D eigenvalue weighted by Crippen LogP contribution is -2.40. The number of allylic oxidation sites excluding steroid dienone is 1. The molecule has 1 N–H and O–H groups in total. The van der Waals surface area contributed by atoms with Crippen LogP contribution in [0.4, 0.5) is 0 Å². The summed E-state index contributed by atoms with van der Waals surface area (Å²) in [6, 6.07) is 0.620. The molecule has 0 amide bonds. The van der Waals surface area contributed by atoms with E-state index in [0.717, 1.165) is 51.9 Å². The molecule has 0 rings (SSSR count). The predicted octanol–water partition coefficient (Wildman–Crippen LogP) is 18.6. The lowest BCUT2D eigenvalue weighted by atomic mass is 9.89. The fraction of sp³-hybridized carbons (Fsp3) is 0.964. The Kier molecular flexibility index (Phi) is 37.6. The molecule has 0 heterocycles. The molecule has 0 spiro atoms. The van der Waals surface area contributed by atoms with Gasteiger partial charge in [-0.1, -0.05) is 229 Å². The second-order valence-corrected chi connectivity index (χ2v) is 22.4. The van der Waals surface area contributed by atoms with Gasteiger partial charge in [0.15, 0.2) is 0 Å². The zero-order valence-corrected chi connectivity index (χ0v) is 42.6. The predicted molar refractivity (Wildman–Crippen MR) is 263 cm³/mol. The van der Waals surface area contributed by atoms with Crippen LogP contribution in [0.15, 0.2) is 12.3 Å². The van der Waals surface area contributed by atoms with Crippen molar-refractivity contribution in [2.24, 2.45) is 16.2 Å². The molecule has 0 saturated carbocycles. The molecule has 0 fully saturated rings. The average Bonchev–Trinajstić information content (AvgIpc) is 3.16. The number of rotatable bonds is 43. The van der Waals surface area contributed by atoms with Crippen molar-refractivity contribution in [3.05, 3.63) is 12.3 Å². The topological polar surface area (TPSA) is 39.7 Å². The standard InChI is InChI=1S/C55H111NO3/c1-12-47-56-51(13-2)42-34-26-18-14-22-30-38-46-55(57-48-39-31-23-15-19-27-35-43-52(3,4)5,58-49-40-32-24-16-20-28-36-44-53(6,7)8)59-50-41-33-25-17-21-29-37-45-54(9,10)11/h12,47,51,56H,13-46,48-50H2,1-11H3. The molecule has 59 heavy (non-hydrogen) atoms. The molecule has 0 saturated heterocycles. The number of ether oxygens (including phenoxy) is 3. The third kappa shape index (κ3) is 43.8. The summed E-state index contributed by atoms with van der Waals surface area (Å²) in [5.74, 6) is -0.873. The molecule has 0 bridgehead atoms. The molecule has 0 aliphatic rings. The SMILES string of the molecule is CC=CNC(CC)CCCCCCCCCC(OCCCCCCCCCC(C)(C)C)(OCCCCCCCCCC(C)(C)C)OCCCCCCCCCC(C)(C)C. The van der Waals surface area contributed by atoms with E-state index in [9.17, 15) is 0 Å².